The average Bonchev–Trinajstić information content (AvgIpc) is 2.31. The van der Waals surface area contributed by atoms with E-state index in [1.54, 1.807) is 0 Å². The molecule has 2 heteroatoms. The van der Waals surface area contributed by atoms with Crippen molar-refractivity contribution >= 4 is 0 Å². The molecule has 1 atom stereocenters. The first-order valence-corrected chi connectivity index (χ1v) is 7.63. The summed E-state index contributed by atoms with van der Waals surface area (Å²) in [6, 6.07) is 1.22. The van der Waals surface area contributed by atoms with E-state index in [0.717, 1.165) is 6.54 Å². The highest BCUT2D eigenvalue weighted by atomic mass is 15.2. The van der Waals surface area contributed by atoms with Crippen molar-refractivity contribution in [2.45, 2.75) is 84.7 Å². The third kappa shape index (κ3) is 7.77. The Kier molecular flexibility index (Phi) is 11.0. The molecule has 0 aromatic rings. The minimum atomic E-state index is 0.596. The van der Waals surface area contributed by atoms with Crippen LogP contribution in [0.25, 0.3) is 0 Å². The molecule has 2 N–H and O–H groups in total. The minimum Gasteiger partial charge on any atom is -0.329 e. The van der Waals surface area contributed by atoms with Crippen LogP contribution in [0.5, 0.6) is 0 Å². The Morgan fingerprint density at radius 1 is 0.941 bits per heavy atom. The van der Waals surface area contributed by atoms with Gasteiger partial charge in [0, 0.05) is 18.6 Å². The molecule has 0 spiro atoms. The Bertz CT molecular complexity index is 157. The van der Waals surface area contributed by atoms with Crippen LogP contribution in [0.4, 0.5) is 0 Å². The maximum Gasteiger partial charge on any atom is 0.0221 e. The van der Waals surface area contributed by atoms with Gasteiger partial charge in [0.25, 0.3) is 0 Å². The summed E-state index contributed by atoms with van der Waals surface area (Å²) in [6.07, 6.45) is 9.21. The number of hydrogen-bond acceptors (Lipinski definition) is 2. The van der Waals surface area contributed by atoms with Crippen molar-refractivity contribution in [2.24, 2.45) is 5.73 Å². The molecule has 2 nitrogen and oxygen atoms in total. The van der Waals surface area contributed by atoms with E-state index in [-0.39, 0.29) is 0 Å². The van der Waals surface area contributed by atoms with Crippen LogP contribution in [0.1, 0.15) is 72.6 Å². The van der Waals surface area contributed by atoms with Crippen LogP contribution < -0.4 is 5.73 Å². The van der Waals surface area contributed by atoms with Gasteiger partial charge >= 0.3 is 0 Å². The van der Waals surface area contributed by atoms with Gasteiger partial charge in [0.2, 0.25) is 0 Å². The second-order valence-corrected chi connectivity index (χ2v) is 5.42. The van der Waals surface area contributed by atoms with E-state index < -0.39 is 0 Å². The number of hydrogen-bond donors (Lipinski definition) is 1. The van der Waals surface area contributed by atoms with E-state index in [1.807, 2.05) is 0 Å². The molecule has 0 bridgehead atoms. The Hall–Kier alpha value is -0.0800. The van der Waals surface area contributed by atoms with Crippen LogP contribution in [0, 0.1) is 0 Å². The maximum atomic E-state index is 5.96. The van der Waals surface area contributed by atoms with Crippen molar-refractivity contribution in [3.8, 4) is 0 Å². The topological polar surface area (TPSA) is 29.3 Å². The minimum absolute atomic E-state index is 0.596. The molecular weight excluding hydrogens is 208 g/mol. The van der Waals surface area contributed by atoms with Gasteiger partial charge in [-0.1, -0.05) is 46.0 Å². The van der Waals surface area contributed by atoms with Gasteiger partial charge in [-0.3, -0.25) is 4.90 Å². The van der Waals surface area contributed by atoms with Crippen molar-refractivity contribution in [1.82, 2.24) is 4.90 Å². The van der Waals surface area contributed by atoms with E-state index in [4.69, 9.17) is 5.73 Å². The summed E-state index contributed by atoms with van der Waals surface area (Å²) in [5.74, 6) is 0. The van der Waals surface area contributed by atoms with Crippen LogP contribution in [-0.2, 0) is 0 Å². The van der Waals surface area contributed by atoms with Gasteiger partial charge in [-0.05, 0) is 33.2 Å². The second kappa shape index (κ2) is 11.0. The van der Waals surface area contributed by atoms with Gasteiger partial charge in [-0.2, -0.15) is 0 Å². The summed E-state index contributed by atoms with van der Waals surface area (Å²) >= 11 is 0. The van der Waals surface area contributed by atoms with E-state index in [1.165, 1.54) is 51.5 Å². The molecule has 17 heavy (non-hydrogen) atoms. The fraction of sp³-hybridized carbons (Fsp3) is 1.00. The molecule has 0 aliphatic rings. The molecule has 0 aromatic carbocycles. The molecule has 0 radical (unpaired) electrons. The Balaban J connectivity index is 4.11. The van der Waals surface area contributed by atoms with Gasteiger partial charge in [-0.15, -0.1) is 0 Å². The van der Waals surface area contributed by atoms with E-state index in [0.29, 0.717) is 12.1 Å². The van der Waals surface area contributed by atoms with Crippen molar-refractivity contribution < 1.29 is 0 Å². The zero-order chi connectivity index (χ0) is 13.1. The van der Waals surface area contributed by atoms with Crippen molar-refractivity contribution in [3.63, 3.8) is 0 Å². The third-order valence-electron chi connectivity index (χ3n) is 3.57. The van der Waals surface area contributed by atoms with Gasteiger partial charge in [-0.25, -0.2) is 0 Å². The lowest BCUT2D eigenvalue weighted by atomic mass is 10.0. The summed E-state index contributed by atoms with van der Waals surface area (Å²) in [5, 5.41) is 0. The standard InChI is InChI=1S/C15H34N2/c1-5-7-9-11-15(13-16)17(14(3)4)12-10-8-6-2/h14-15H,5-13,16H2,1-4H3. The molecule has 0 aromatic heterocycles. The number of nitrogens with zero attached hydrogens (tertiary/aromatic N) is 1. The third-order valence-corrected chi connectivity index (χ3v) is 3.57. The van der Waals surface area contributed by atoms with Crippen molar-refractivity contribution in [1.29, 1.82) is 0 Å². The molecular formula is C15H34N2. The summed E-state index contributed by atoms with van der Waals surface area (Å²) in [7, 11) is 0. The number of rotatable bonds is 11. The Labute approximate surface area is 109 Å². The van der Waals surface area contributed by atoms with Crippen molar-refractivity contribution in [2.75, 3.05) is 13.1 Å². The quantitative estimate of drug-likeness (QED) is 0.558. The molecule has 0 heterocycles. The smallest absolute Gasteiger partial charge is 0.0221 e. The highest BCUT2D eigenvalue weighted by Gasteiger charge is 2.18. The molecule has 0 amide bonds. The first-order chi connectivity index (χ1) is 8.17. The molecule has 104 valence electrons. The molecule has 0 rings (SSSR count). The zero-order valence-electron chi connectivity index (χ0n) is 12.5. The number of nitrogens with two attached hydrogens (primary N) is 1. The summed E-state index contributed by atoms with van der Waals surface area (Å²) in [5.41, 5.74) is 5.96. The zero-order valence-corrected chi connectivity index (χ0v) is 12.5. The molecule has 0 fully saturated rings. The van der Waals surface area contributed by atoms with Crippen LogP contribution >= 0.6 is 0 Å². The largest absolute Gasteiger partial charge is 0.329 e. The van der Waals surface area contributed by atoms with Crippen LogP contribution in [0.2, 0.25) is 0 Å². The predicted molar refractivity (Wildman–Crippen MR) is 78.4 cm³/mol. The molecule has 0 aliphatic heterocycles. The second-order valence-electron chi connectivity index (χ2n) is 5.42. The number of unbranched alkanes of at least 4 members (excludes halogenated alkanes) is 4. The van der Waals surface area contributed by atoms with Crippen LogP contribution in [0.15, 0.2) is 0 Å². The highest BCUT2D eigenvalue weighted by Crippen LogP contribution is 2.14. The summed E-state index contributed by atoms with van der Waals surface area (Å²) in [6.45, 7) is 11.2. The SMILES string of the molecule is CCCCCC(CN)N(CCCCC)C(C)C. The van der Waals surface area contributed by atoms with Crippen molar-refractivity contribution in [3.05, 3.63) is 0 Å². The average molecular weight is 242 g/mol. The van der Waals surface area contributed by atoms with E-state index in [9.17, 15) is 0 Å². The lowest BCUT2D eigenvalue weighted by molar-refractivity contribution is 0.143. The van der Waals surface area contributed by atoms with Gasteiger partial charge < -0.3 is 5.73 Å². The van der Waals surface area contributed by atoms with Gasteiger partial charge in [0.15, 0.2) is 0 Å². The summed E-state index contributed by atoms with van der Waals surface area (Å²) < 4.78 is 0. The van der Waals surface area contributed by atoms with Gasteiger partial charge in [0.05, 0.1) is 0 Å². The first-order valence-electron chi connectivity index (χ1n) is 7.63. The molecule has 1 unspecified atom stereocenters. The van der Waals surface area contributed by atoms with Crippen LogP contribution in [-0.4, -0.2) is 30.1 Å². The van der Waals surface area contributed by atoms with Gasteiger partial charge in [0.1, 0.15) is 0 Å². The van der Waals surface area contributed by atoms with E-state index >= 15 is 0 Å². The summed E-state index contributed by atoms with van der Waals surface area (Å²) in [4.78, 5) is 2.62. The maximum absolute atomic E-state index is 5.96. The monoisotopic (exact) mass is 242 g/mol. The normalized spacial score (nSPS) is 13.6. The fourth-order valence-electron chi connectivity index (χ4n) is 2.46. The Morgan fingerprint density at radius 2 is 1.53 bits per heavy atom. The molecule has 0 saturated carbocycles. The molecule has 0 aliphatic carbocycles. The lowest BCUT2D eigenvalue weighted by Crippen LogP contribution is -2.45. The fourth-order valence-corrected chi connectivity index (χ4v) is 2.46. The van der Waals surface area contributed by atoms with E-state index in [2.05, 4.69) is 32.6 Å². The Morgan fingerprint density at radius 3 is 2.00 bits per heavy atom. The van der Waals surface area contributed by atoms with Crippen LogP contribution in [0.3, 0.4) is 0 Å². The first kappa shape index (κ1) is 16.9. The lowest BCUT2D eigenvalue weighted by Gasteiger charge is -2.34. The molecule has 0 saturated heterocycles. The predicted octanol–water partition coefficient (Wildman–Crippen LogP) is 3.79. The highest BCUT2D eigenvalue weighted by molar-refractivity contribution is 4.75.